The van der Waals surface area contributed by atoms with Crippen LogP contribution in [-0.4, -0.2) is 23.0 Å². The Kier molecular flexibility index (Phi) is 8.75. The van der Waals surface area contributed by atoms with E-state index in [1.807, 2.05) is 0 Å². The van der Waals surface area contributed by atoms with E-state index >= 15 is 0 Å². The summed E-state index contributed by atoms with van der Waals surface area (Å²) in [7, 11) is 0. The van der Waals surface area contributed by atoms with Crippen molar-refractivity contribution in [3.63, 3.8) is 0 Å². The molecule has 7 unspecified atom stereocenters. The molecule has 282 valence electrons. The lowest BCUT2D eigenvalue weighted by molar-refractivity contribution is 0.226. The van der Waals surface area contributed by atoms with Crippen LogP contribution in [0.25, 0.3) is 5.57 Å². The quantitative estimate of drug-likeness (QED) is 0.223. The smallest absolute Gasteiger partial charge is 0.0592 e. The molecule has 1 aliphatic heterocycles. The van der Waals surface area contributed by atoms with Crippen molar-refractivity contribution in [1.29, 1.82) is 0 Å². The van der Waals surface area contributed by atoms with E-state index in [0.717, 1.165) is 51.4 Å². The van der Waals surface area contributed by atoms with Gasteiger partial charge in [0.2, 0.25) is 0 Å². The van der Waals surface area contributed by atoms with E-state index < -0.39 is 0 Å². The number of benzene rings is 3. The second-order valence-corrected chi connectivity index (χ2v) is 17.1. The third-order valence-electron chi connectivity index (χ3n) is 14.3. The molecule has 0 spiro atoms. The molecule has 7 aliphatic carbocycles. The van der Waals surface area contributed by atoms with E-state index in [9.17, 15) is 0 Å². The van der Waals surface area contributed by atoms with E-state index in [4.69, 9.17) is 0 Å². The fourth-order valence-corrected chi connectivity index (χ4v) is 11.8. The van der Waals surface area contributed by atoms with Gasteiger partial charge in [-0.1, -0.05) is 164 Å². The molecule has 0 saturated carbocycles. The van der Waals surface area contributed by atoms with Gasteiger partial charge in [0, 0.05) is 34.8 Å². The Hall–Kier alpha value is -5.60. The van der Waals surface area contributed by atoms with Gasteiger partial charge in [0.25, 0.3) is 0 Å². The number of allylic oxidation sites excluding steroid dienone is 16. The lowest BCUT2D eigenvalue weighted by atomic mass is 9.61. The number of anilines is 1. The van der Waals surface area contributed by atoms with E-state index in [0.29, 0.717) is 35.9 Å². The predicted molar refractivity (Wildman–Crippen MR) is 238 cm³/mol. The summed E-state index contributed by atoms with van der Waals surface area (Å²) >= 11 is 0. The summed E-state index contributed by atoms with van der Waals surface area (Å²) in [5.74, 6) is 1.24. The first-order valence-corrected chi connectivity index (χ1v) is 21.7. The Labute approximate surface area is 339 Å². The minimum atomic E-state index is -0.229. The van der Waals surface area contributed by atoms with Crippen molar-refractivity contribution < 1.29 is 0 Å². The highest BCUT2D eigenvalue weighted by Crippen LogP contribution is 2.61. The van der Waals surface area contributed by atoms with Crippen molar-refractivity contribution in [1.82, 2.24) is 4.90 Å². The van der Waals surface area contributed by atoms with Crippen LogP contribution in [0.15, 0.2) is 205 Å². The standard InChI is InChI=1S/C55H52N2/c1-5-17-41(18-6-1)55(42-19-7-2-8-20-42)51-27-15-13-25-47(51)48-35-34-46(38-52(48)55)56(43-21-9-3-10-22-43)45-32-29-39(30-33-45)40-31-36-54-50(37-40)49-26-14-16-28-53(49)57(54)44-23-11-4-12-24-44/h1,3,5-7,9-11,13-21,23-32,34-36,40,43,45,50,52,54H,2,4,8,12,22,33,37-38H2. The third-order valence-corrected chi connectivity index (χ3v) is 14.3. The Bertz CT molecular complexity index is 2420. The summed E-state index contributed by atoms with van der Waals surface area (Å²) in [5, 5.41) is 0. The molecule has 11 rings (SSSR count). The summed E-state index contributed by atoms with van der Waals surface area (Å²) < 4.78 is 0. The van der Waals surface area contributed by atoms with Gasteiger partial charge in [-0.15, -0.1) is 0 Å². The zero-order valence-electron chi connectivity index (χ0n) is 32.8. The molecule has 0 amide bonds. The topological polar surface area (TPSA) is 6.48 Å². The van der Waals surface area contributed by atoms with Crippen LogP contribution in [0.3, 0.4) is 0 Å². The molecule has 0 fully saturated rings. The zero-order chi connectivity index (χ0) is 37.8. The van der Waals surface area contributed by atoms with Crippen LogP contribution in [0, 0.1) is 11.8 Å². The average Bonchev–Trinajstić information content (AvgIpc) is 3.78. The number of hydrogen-bond acceptors (Lipinski definition) is 2. The number of rotatable bonds is 7. The fraction of sp³-hybridized carbons (Fsp3) is 0.273. The van der Waals surface area contributed by atoms with Crippen molar-refractivity contribution in [2.45, 2.75) is 80.8 Å². The zero-order valence-corrected chi connectivity index (χ0v) is 32.8. The molecule has 2 nitrogen and oxygen atoms in total. The van der Waals surface area contributed by atoms with Crippen LogP contribution in [0.4, 0.5) is 5.69 Å². The minimum absolute atomic E-state index is 0.229. The Balaban J connectivity index is 0.916. The van der Waals surface area contributed by atoms with E-state index in [1.165, 1.54) is 56.1 Å². The van der Waals surface area contributed by atoms with Crippen LogP contribution in [0.5, 0.6) is 0 Å². The number of fused-ring (bicyclic) bond motifs is 6. The SMILES string of the molecule is C1=CCC(N(C2=CC=C3c4ccccc4C(C4=CCCC=C4)(c4ccccc4)C3C2)C2C=CC(C3C=CC4C(C3)c3ccccc3N4C3=CCCC=C3)=CC2)C=C1. The van der Waals surface area contributed by atoms with Crippen LogP contribution in [0.1, 0.15) is 79.5 Å². The van der Waals surface area contributed by atoms with Gasteiger partial charge < -0.3 is 9.80 Å². The van der Waals surface area contributed by atoms with E-state index in [1.54, 1.807) is 0 Å². The normalized spacial score (nSPS) is 30.4. The average molecular weight is 741 g/mol. The van der Waals surface area contributed by atoms with Crippen molar-refractivity contribution in [3.05, 3.63) is 227 Å². The maximum Gasteiger partial charge on any atom is 0.0592 e. The molecule has 3 aromatic carbocycles. The molecule has 0 N–H and O–H groups in total. The monoisotopic (exact) mass is 740 g/mol. The van der Waals surface area contributed by atoms with Crippen LogP contribution < -0.4 is 4.90 Å². The number of hydrogen-bond donors (Lipinski definition) is 0. The molecule has 0 radical (unpaired) electrons. The highest BCUT2D eigenvalue weighted by molar-refractivity contribution is 5.84. The molecule has 57 heavy (non-hydrogen) atoms. The summed E-state index contributed by atoms with van der Waals surface area (Å²) in [6, 6.07) is 30.9. The largest absolute Gasteiger partial charge is 0.361 e. The minimum Gasteiger partial charge on any atom is -0.361 e. The second kappa shape index (κ2) is 14.4. The molecule has 3 aromatic rings. The maximum absolute atomic E-state index is 2.80. The summed E-state index contributed by atoms with van der Waals surface area (Å²) in [6.45, 7) is 0. The third kappa shape index (κ3) is 5.66. The van der Waals surface area contributed by atoms with E-state index in [-0.39, 0.29) is 5.41 Å². The highest BCUT2D eigenvalue weighted by Gasteiger charge is 2.53. The van der Waals surface area contributed by atoms with Gasteiger partial charge >= 0.3 is 0 Å². The second-order valence-electron chi connectivity index (χ2n) is 17.1. The molecule has 7 atom stereocenters. The molecule has 0 saturated heterocycles. The molecule has 0 aromatic heterocycles. The summed E-state index contributed by atoms with van der Waals surface area (Å²) in [4.78, 5) is 5.41. The van der Waals surface area contributed by atoms with Gasteiger partial charge in [0.15, 0.2) is 0 Å². The maximum atomic E-state index is 2.80. The first-order valence-electron chi connectivity index (χ1n) is 21.7. The van der Waals surface area contributed by atoms with Gasteiger partial charge in [-0.2, -0.15) is 0 Å². The van der Waals surface area contributed by atoms with Gasteiger partial charge in [-0.3, -0.25) is 0 Å². The Morgan fingerprint density at radius 2 is 1.47 bits per heavy atom. The Morgan fingerprint density at radius 3 is 2.28 bits per heavy atom. The van der Waals surface area contributed by atoms with Crippen LogP contribution in [-0.2, 0) is 5.41 Å². The fourth-order valence-electron chi connectivity index (χ4n) is 11.8. The molecule has 0 bridgehead atoms. The molecular formula is C55H52N2. The van der Waals surface area contributed by atoms with Gasteiger partial charge in [-0.05, 0) is 109 Å². The van der Waals surface area contributed by atoms with Crippen molar-refractivity contribution in [3.8, 4) is 0 Å². The van der Waals surface area contributed by atoms with Crippen molar-refractivity contribution in [2.24, 2.45) is 11.8 Å². The number of nitrogens with zero attached hydrogens (tertiary/aromatic N) is 2. The van der Waals surface area contributed by atoms with Crippen LogP contribution in [0.2, 0.25) is 0 Å². The summed E-state index contributed by atoms with van der Waals surface area (Å²) in [6.07, 6.45) is 50.2. The van der Waals surface area contributed by atoms with Gasteiger partial charge in [0.1, 0.15) is 0 Å². The van der Waals surface area contributed by atoms with Crippen molar-refractivity contribution >= 4 is 11.3 Å². The Morgan fingerprint density at radius 1 is 0.649 bits per heavy atom. The van der Waals surface area contributed by atoms with Gasteiger partial charge in [-0.25, -0.2) is 0 Å². The predicted octanol–water partition coefficient (Wildman–Crippen LogP) is 12.8. The molecule has 8 aliphatic rings. The van der Waals surface area contributed by atoms with Gasteiger partial charge in [0.05, 0.1) is 23.5 Å². The first-order chi connectivity index (χ1) is 28.3. The summed E-state index contributed by atoms with van der Waals surface area (Å²) in [5.41, 5.74) is 14.2. The lowest BCUT2D eigenvalue weighted by Gasteiger charge is -2.45. The number of para-hydroxylation sites is 1. The molecule has 2 heteroatoms. The highest BCUT2D eigenvalue weighted by atomic mass is 15.2. The molecular weight excluding hydrogens is 689 g/mol. The first kappa shape index (κ1) is 34.6. The molecule has 1 heterocycles. The van der Waals surface area contributed by atoms with E-state index in [2.05, 4.69) is 192 Å². The van der Waals surface area contributed by atoms with Crippen molar-refractivity contribution in [2.75, 3.05) is 4.90 Å². The lowest BCUT2D eigenvalue weighted by Crippen LogP contribution is -2.44. The van der Waals surface area contributed by atoms with Crippen LogP contribution >= 0.6 is 0 Å².